The van der Waals surface area contributed by atoms with E-state index in [9.17, 15) is 14.9 Å². The Morgan fingerprint density at radius 3 is 2.53 bits per heavy atom. The lowest BCUT2D eigenvalue weighted by atomic mass is 10.2. The molecule has 1 rings (SSSR count). The summed E-state index contributed by atoms with van der Waals surface area (Å²) in [6.45, 7) is 5.14. The van der Waals surface area contributed by atoms with Crippen LogP contribution in [0.2, 0.25) is 0 Å². The number of carbonyl (C=O) groups excluding carboxylic acids is 1. The molecule has 0 aliphatic carbocycles. The molecule has 1 amide bonds. The highest BCUT2D eigenvalue weighted by atomic mass is 16.6. The smallest absolute Gasteiger partial charge is 0.273 e. The van der Waals surface area contributed by atoms with Gasteiger partial charge in [0.1, 0.15) is 0 Å². The Bertz CT molecular complexity index is 472. The summed E-state index contributed by atoms with van der Waals surface area (Å²) in [5.74, 6) is -0.0601. The van der Waals surface area contributed by atoms with Crippen molar-refractivity contribution in [3.05, 3.63) is 28.3 Å². The number of nitrogens with two attached hydrogens (primary N) is 1. The molecule has 0 saturated heterocycles. The molecular weight excluding hydrogens is 248 g/mol. The van der Waals surface area contributed by atoms with Gasteiger partial charge in [0.2, 0.25) is 5.91 Å². The van der Waals surface area contributed by atoms with E-state index in [4.69, 9.17) is 5.73 Å². The minimum atomic E-state index is -0.520. The van der Waals surface area contributed by atoms with Crippen molar-refractivity contribution >= 4 is 23.0 Å². The highest BCUT2D eigenvalue weighted by molar-refractivity contribution is 5.81. The van der Waals surface area contributed by atoms with Crippen molar-refractivity contribution in [1.82, 2.24) is 4.90 Å². The number of benzene rings is 1. The molecular formula is C12H18N4O3. The van der Waals surface area contributed by atoms with Gasteiger partial charge in [0.05, 0.1) is 11.5 Å². The van der Waals surface area contributed by atoms with Crippen LogP contribution in [0.1, 0.15) is 13.8 Å². The molecule has 0 bridgehead atoms. The summed E-state index contributed by atoms with van der Waals surface area (Å²) in [6, 6.07) is 4.19. The zero-order chi connectivity index (χ0) is 14.4. The molecule has 1 aromatic carbocycles. The summed E-state index contributed by atoms with van der Waals surface area (Å²) in [5, 5.41) is 13.5. The fraction of sp³-hybridized carbons (Fsp3) is 0.417. The predicted octanol–water partition coefficient (Wildman–Crippen LogP) is 1.46. The van der Waals surface area contributed by atoms with E-state index in [-0.39, 0.29) is 23.8 Å². The number of nitrogen functional groups attached to an aromatic ring is 1. The molecule has 0 aromatic heterocycles. The number of nitrogens with one attached hydrogen (secondary N) is 1. The van der Waals surface area contributed by atoms with Gasteiger partial charge in [-0.3, -0.25) is 14.9 Å². The largest absolute Gasteiger partial charge is 0.398 e. The predicted molar refractivity (Wildman–Crippen MR) is 73.9 cm³/mol. The minimum Gasteiger partial charge on any atom is -0.398 e. The van der Waals surface area contributed by atoms with Crippen LogP contribution in [0, 0.1) is 10.1 Å². The van der Waals surface area contributed by atoms with Crippen LogP contribution in [-0.2, 0) is 4.79 Å². The van der Waals surface area contributed by atoms with E-state index in [0.29, 0.717) is 18.8 Å². The number of hydrogen-bond donors (Lipinski definition) is 2. The maximum absolute atomic E-state index is 11.8. The molecule has 0 radical (unpaired) electrons. The molecule has 19 heavy (non-hydrogen) atoms. The van der Waals surface area contributed by atoms with Crippen LogP contribution in [0.15, 0.2) is 18.2 Å². The lowest BCUT2D eigenvalue weighted by Gasteiger charge is -2.19. The van der Waals surface area contributed by atoms with Crippen LogP contribution in [-0.4, -0.2) is 35.4 Å². The third-order valence-corrected chi connectivity index (χ3v) is 2.71. The number of rotatable bonds is 6. The maximum Gasteiger partial charge on any atom is 0.273 e. The van der Waals surface area contributed by atoms with Crippen LogP contribution < -0.4 is 11.1 Å². The minimum absolute atomic E-state index is 0.0601. The van der Waals surface area contributed by atoms with E-state index in [2.05, 4.69) is 5.32 Å². The molecule has 7 heteroatoms. The van der Waals surface area contributed by atoms with E-state index in [1.54, 1.807) is 11.0 Å². The van der Waals surface area contributed by atoms with Gasteiger partial charge in [0.25, 0.3) is 5.69 Å². The lowest BCUT2D eigenvalue weighted by molar-refractivity contribution is -0.384. The lowest BCUT2D eigenvalue weighted by Crippen LogP contribution is -2.35. The zero-order valence-electron chi connectivity index (χ0n) is 11.0. The van der Waals surface area contributed by atoms with Crippen molar-refractivity contribution in [3.8, 4) is 0 Å². The van der Waals surface area contributed by atoms with Gasteiger partial charge in [-0.25, -0.2) is 0 Å². The first kappa shape index (κ1) is 14.7. The number of nitro benzene ring substituents is 1. The number of amides is 1. The number of nitrogens with zero attached hydrogens (tertiary/aromatic N) is 2. The van der Waals surface area contributed by atoms with Crippen LogP contribution in [0.3, 0.4) is 0 Å². The fourth-order valence-corrected chi connectivity index (χ4v) is 1.71. The van der Waals surface area contributed by atoms with E-state index in [1.165, 1.54) is 12.1 Å². The van der Waals surface area contributed by atoms with Gasteiger partial charge in [-0.05, 0) is 19.9 Å². The van der Waals surface area contributed by atoms with Crippen molar-refractivity contribution in [1.29, 1.82) is 0 Å². The maximum atomic E-state index is 11.8. The Morgan fingerprint density at radius 1 is 1.37 bits per heavy atom. The average Bonchev–Trinajstić information content (AvgIpc) is 2.37. The topological polar surface area (TPSA) is 102 Å². The summed E-state index contributed by atoms with van der Waals surface area (Å²) >= 11 is 0. The summed E-state index contributed by atoms with van der Waals surface area (Å²) in [6.07, 6.45) is 0. The Balaban J connectivity index is 2.72. The molecule has 1 aromatic rings. The third kappa shape index (κ3) is 4.13. The van der Waals surface area contributed by atoms with Crippen LogP contribution in [0.5, 0.6) is 0 Å². The van der Waals surface area contributed by atoms with Crippen molar-refractivity contribution in [2.24, 2.45) is 0 Å². The van der Waals surface area contributed by atoms with E-state index < -0.39 is 4.92 Å². The molecule has 104 valence electrons. The summed E-state index contributed by atoms with van der Waals surface area (Å²) in [7, 11) is 0. The second kappa shape index (κ2) is 6.58. The van der Waals surface area contributed by atoms with E-state index in [1.807, 2.05) is 13.8 Å². The second-order valence-corrected chi connectivity index (χ2v) is 3.99. The monoisotopic (exact) mass is 266 g/mol. The second-order valence-electron chi connectivity index (χ2n) is 3.99. The fourth-order valence-electron chi connectivity index (χ4n) is 1.71. The molecule has 0 spiro atoms. The Morgan fingerprint density at radius 2 is 2.00 bits per heavy atom. The van der Waals surface area contributed by atoms with Crippen molar-refractivity contribution < 1.29 is 9.72 Å². The number of anilines is 2. The van der Waals surface area contributed by atoms with Gasteiger partial charge in [-0.2, -0.15) is 0 Å². The molecule has 0 unspecified atom stereocenters. The van der Waals surface area contributed by atoms with Gasteiger partial charge in [-0.15, -0.1) is 0 Å². The van der Waals surface area contributed by atoms with Gasteiger partial charge in [0.15, 0.2) is 0 Å². The van der Waals surface area contributed by atoms with Crippen molar-refractivity contribution in [2.45, 2.75) is 13.8 Å². The van der Waals surface area contributed by atoms with Crippen molar-refractivity contribution in [2.75, 3.05) is 30.7 Å². The van der Waals surface area contributed by atoms with E-state index >= 15 is 0 Å². The zero-order valence-corrected chi connectivity index (χ0v) is 11.0. The first-order valence-electron chi connectivity index (χ1n) is 6.04. The number of carbonyl (C=O) groups is 1. The van der Waals surface area contributed by atoms with Gasteiger partial charge < -0.3 is 16.0 Å². The van der Waals surface area contributed by atoms with Crippen molar-refractivity contribution in [3.63, 3.8) is 0 Å². The number of likely N-dealkylation sites (N-methyl/N-ethyl adjacent to an activating group) is 1. The van der Waals surface area contributed by atoms with Crippen LogP contribution in [0.25, 0.3) is 0 Å². The Hall–Kier alpha value is -2.31. The highest BCUT2D eigenvalue weighted by Crippen LogP contribution is 2.22. The standard InChI is InChI=1S/C12H18N4O3/c1-3-15(4-2)12(17)8-14-10-5-9(13)6-11(7-10)16(18)19/h5-7,14H,3-4,8,13H2,1-2H3. The van der Waals surface area contributed by atoms with Gasteiger partial charge in [0, 0.05) is 36.6 Å². The average molecular weight is 266 g/mol. The molecule has 0 saturated carbocycles. The number of nitro groups is 1. The first-order chi connectivity index (χ1) is 8.97. The SMILES string of the molecule is CCN(CC)C(=O)CNc1cc(N)cc([N+](=O)[O-])c1. The summed E-state index contributed by atoms with van der Waals surface area (Å²) < 4.78 is 0. The molecule has 3 N–H and O–H groups in total. The quantitative estimate of drug-likeness (QED) is 0.461. The van der Waals surface area contributed by atoms with Crippen LogP contribution >= 0.6 is 0 Å². The highest BCUT2D eigenvalue weighted by Gasteiger charge is 2.11. The summed E-state index contributed by atoms with van der Waals surface area (Å²) in [5.41, 5.74) is 6.23. The van der Waals surface area contributed by atoms with Gasteiger partial charge >= 0.3 is 0 Å². The number of hydrogen-bond acceptors (Lipinski definition) is 5. The molecule has 0 fully saturated rings. The molecule has 0 atom stereocenters. The molecule has 0 heterocycles. The van der Waals surface area contributed by atoms with E-state index in [0.717, 1.165) is 0 Å². The number of non-ortho nitro benzene ring substituents is 1. The first-order valence-corrected chi connectivity index (χ1v) is 6.04. The Kier molecular flexibility index (Phi) is 5.11. The Labute approximate surface area is 111 Å². The molecule has 7 nitrogen and oxygen atoms in total. The molecule has 0 aliphatic heterocycles. The van der Waals surface area contributed by atoms with Crippen LogP contribution in [0.4, 0.5) is 17.1 Å². The third-order valence-electron chi connectivity index (χ3n) is 2.71. The molecule has 0 aliphatic rings. The normalized spacial score (nSPS) is 10.0. The summed E-state index contributed by atoms with van der Waals surface area (Å²) in [4.78, 5) is 23.6. The van der Waals surface area contributed by atoms with Gasteiger partial charge in [-0.1, -0.05) is 0 Å².